The van der Waals surface area contributed by atoms with Gasteiger partial charge in [-0.2, -0.15) is 0 Å². The van der Waals surface area contributed by atoms with Crippen LogP contribution in [-0.4, -0.2) is 27.9 Å². The van der Waals surface area contributed by atoms with E-state index in [9.17, 15) is 27.9 Å². The zero-order valence-electron chi connectivity index (χ0n) is 16.9. The Balaban J connectivity index is 2.13. The number of nitrogens with two attached hydrogens (primary N) is 1. The van der Waals surface area contributed by atoms with Crippen molar-refractivity contribution in [1.29, 1.82) is 0 Å². The van der Waals surface area contributed by atoms with Crippen molar-refractivity contribution >= 4 is 22.7 Å². The van der Waals surface area contributed by atoms with Crippen LogP contribution in [0.5, 0.6) is 11.5 Å². The van der Waals surface area contributed by atoms with E-state index in [1.165, 1.54) is 28.8 Å². The van der Waals surface area contributed by atoms with Crippen LogP contribution >= 0.6 is 0 Å². The van der Waals surface area contributed by atoms with Gasteiger partial charge in [0, 0.05) is 16.6 Å². The number of amides is 1. The van der Waals surface area contributed by atoms with Crippen molar-refractivity contribution in [3.63, 3.8) is 0 Å². The second kappa shape index (κ2) is 8.33. The van der Waals surface area contributed by atoms with Crippen molar-refractivity contribution in [1.82, 2.24) is 4.57 Å². The summed E-state index contributed by atoms with van der Waals surface area (Å²) in [7, 11) is 0. The van der Waals surface area contributed by atoms with Crippen LogP contribution in [-0.2, 0) is 4.79 Å². The predicted octanol–water partition coefficient (Wildman–Crippen LogP) is 4.61. The standard InChI is InChI=1S/C22H21F3N2O4/c1-3-4-16(20(26)29)19-12(2)27(18-10-7-14(28)11-17(18)19)21(30)13-5-8-15(9-6-13)31-22(23,24)25/h5-11,16,28H,3-4H2,1-2H3,(H2,26,29). The second-order valence-corrected chi connectivity index (χ2v) is 7.16. The minimum Gasteiger partial charge on any atom is -0.508 e. The molecule has 0 saturated carbocycles. The van der Waals surface area contributed by atoms with Crippen LogP contribution in [0.4, 0.5) is 13.2 Å². The minimum atomic E-state index is -4.83. The molecular weight excluding hydrogens is 413 g/mol. The minimum absolute atomic E-state index is 0.0354. The number of phenols is 1. The first kappa shape index (κ1) is 22.2. The number of nitrogens with zero attached hydrogens (tertiary/aromatic N) is 1. The molecule has 0 aliphatic rings. The highest BCUT2D eigenvalue weighted by Gasteiger charge is 2.31. The van der Waals surface area contributed by atoms with Crippen molar-refractivity contribution in [3.8, 4) is 11.5 Å². The molecule has 164 valence electrons. The number of halogens is 3. The third kappa shape index (κ3) is 4.50. The number of primary amides is 1. The highest BCUT2D eigenvalue weighted by molar-refractivity contribution is 6.05. The average Bonchev–Trinajstić information content (AvgIpc) is 2.95. The number of hydrogen-bond acceptors (Lipinski definition) is 4. The van der Waals surface area contributed by atoms with Crippen LogP contribution in [0.15, 0.2) is 42.5 Å². The third-order valence-electron chi connectivity index (χ3n) is 5.04. The van der Waals surface area contributed by atoms with Gasteiger partial charge in [0.25, 0.3) is 5.91 Å². The Bertz CT molecular complexity index is 1130. The highest BCUT2D eigenvalue weighted by Crippen LogP contribution is 2.36. The van der Waals surface area contributed by atoms with Crippen LogP contribution in [0, 0.1) is 6.92 Å². The summed E-state index contributed by atoms with van der Waals surface area (Å²) in [5.41, 5.74) is 7.21. The van der Waals surface area contributed by atoms with Crippen molar-refractivity contribution in [2.24, 2.45) is 5.73 Å². The predicted molar refractivity (Wildman–Crippen MR) is 108 cm³/mol. The molecule has 0 aliphatic heterocycles. The van der Waals surface area contributed by atoms with Gasteiger partial charge in [-0.05, 0) is 61.4 Å². The summed E-state index contributed by atoms with van der Waals surface area (Å²) < 4.78 is 42.4. The summed E-state index contributed by atoms with van der Waals surface area (Å²) in [5.74, 6) is -2.19. The zero-order chi connectivity index (χ0) is 22.9. The molecule has 1 unspecified atom stereocenters. The van der Waals surface area contributed by atoms with E-state index in [1.807, 2.05) is 6.92 Å². The summed E-state index contributed by atoms with van der Waals surface area (Å²) in [5, 5.41) is 10.5. The summed E-state index contributed by atoms with van der Waals surface area (Å²) in [6.07, 6.45) is -3.70. The van der Waals surface area contributed by atoms with E-state index in [0.717, 1.165) is 12.1 Å². The van der Waals surface area contributed by atoms with E-state index in [2.05, 4.69) is 4.74 Å². The maximum Gasteiger partial charge on any atom is 0.573 e. The van der Waals surface area contributed by atoms with E-state index in [1.54, 1.807) is 13.0 Å². The molecule has 2 aromatic carbocycles. The largest absolute Gasteiger partial charge is 0.573 e. The van der Waals surface area contributed by atoms with Gasteiger partial charge in [-0.3, -0.25) is 14.2 Å². The number of aromatic hydroxyl groups is 1. The number of benzene rings is 2. The Morgan fingerprint density at radius 1 is 1.16 bits per heavy atom. The first-order chi connectivity index (χ1) is 14.5. The number of phenolic OH excluding ortho intramolecular Hbond substituents is 1. The first-order valence-corrected chi connectivity index (χ1v) is 9.57. The van der Waals surface area contributed by atoms with Gasteiger partial charge in [-0.15, -0.1) is 13.2 Å². The Morgan fingerprint density at radius 2 is 1.81 bits per heavy atom. The summed E-state index contributed by atoms with van der Waals surface area (Å²) >= 11 is 0. The molecule has 3 aromatic rings. The lowest BCUT2D eigenvalue weighted by atomic mass is 9.91. The molecule has 1 amide bonds. The van der Waals surface area contributed by atoms with E-state index < -0.39 is 29.8 Å². The van der Waals surface area contributed by atoms with Gasteiger partial charge in [0.15, 0.2) is 0 Å². The SMILES string of the molecule is CCCC(C(N)=O)c1c(C)n(C(=O)c2ccc(OC(F)(F)F)cc2)c2ccc(O)cc12. The third-order valence-corrected chi connectivity index (χ3v) is 5.04. The van der Waals surface area contributed by atoms with Gasteiger partial charge in [0.1, 0.15) is 11.5 Å². The molecule has 6 nitrogen and oxygen atoms in total. The summed E-state index contributed by atoms with van der Waals surface area (Å²) in [4.78, 5) is 25.4. The number of hydrogen-bond donors (Lipinski definition) is 2. The van der Waals surface area contributed by atoms with E-state index >= 15 is 0 Å². The van der Waals surface area contributed by atoms with E-state index in [0.29, 0.717) is 35.0 Å². The molecule has 31 heavy (non-hydrogen) atoms. The fourth-order valence-corrected chi connectivity index (χ4v) is 3.78. The fraction of sp³-hybridized carbons (Fsp3) is 0.273. The molecule has 3 N–H and O–H groups in total. The smallest absolute Gasteiger partial charge is 0.508 e. The molecule has 3 rings (SSSR count). The normalized spacial score (nSPS) is 12.7. The molecule has 0 bridgehead atoms. The molecule has 1 aromatic heterocycles. The van der Waals surface area contributed by atoms with Crippen LogP contribution in [0.3, 0.4) is 0 Å². The van der Waals surface area contributed by atoms with Gasteiger partial charge in [0.2, 0.25) is 5.91 Å². The molecule has 0 radical (unpaired) electrons. The first-order valence-electron chi connectivity index (χ1n) is 9.57. The van der Waals surface area contributed by atoms with Crippen molar-refractivity contribution < 1.29 is 32.6 Å². The summed E-state index contributed by atoms with van der Waals surface area (Å²) in [6, 6.07) is 8.99. The molecule has 1 atom stereocenters. The molecule has 9 heteroatoms. The summed E-state index contributed by atoms with van der Waals surface area (Å²) in [6.45, 7) is 3.56. The fourth-order valence-electron chi connectivity index (χ4n) is 3.78. The van der Waals surface area contributed by atoms with E-state index in [-0.39, 0.29) is 11.3 Å². The molecule has 0 spiro atoms. The Morgan fingerprint density at radius 3 is 2.35 bits per heavy atom. The molecule has 0 aliphatic carbocycles. The lowest BCUT2D eigenvalue weighted by molar-refractivity contribution is -0.274. The van der Waals surface area contributed by atoms with Crippen LogP contribution in [0.25, 0.3) is 10.9 Å². The maximum absolute atomic E-state index is 13.2. The van der Waals surface area contributed by atoms with Crippen LogP contribution in [0.1, 0.15) is 47.3 Å². The highest BCUT2D eigenvalue weighted by atomic mass is 19.4. The second-order valence-electron chi connectivity index (χ2n) is 7.16. The van der Waals surface area contributed by atoms with Crippen molar-refractivity contribution in [2.75, 3.05) is 0 Å². The van der Waals surface area contributed by atoms with Gasteiger partial charge in [-0.25, -0.2) is 0 Å². The molecular formula is C22H21F3N2O4. The Labute approximate surface area is 176 Å². The number of ether oxygens (including phenoxy) is 1. The van der Waals surface area contributed by atoms with Crippen molar-refractivity contribution in [2.45, 2.75) is 39.0 Å². The molecule has 0 fully saturated rings. The van der Waals surface area contributed by atoms with Gasteiger partial charge in [0.05, 0.1) is 11.4 Å². The van der Waals surface area contributed by atoms with Gasteiger partial charge in [-0.1, -0.05) is 13.3 Å². The lowest BCUT2D eigenvalue weighted by Gasteiger charge is -2.14. The van der Waals surface area contributed by atoms with Gasteiger partial charge >= 0.3 is 6.36 Å². The van der Waals surface area contributed by atoms with Gasteiger partial charge < -0.3 is 15.6 Å². The number of carbonyl (C=O) groups is 2. The van der Waals surface area contributed by atoms with Crippen molar-refractivity contribution in [3.05, 3.63) is 59.3 Å². The molecule has 0 saturated heterocycles. The quantitative estimate of drug-likeness (QED) is 0.592. The number of fused-ring (bicyclic) bond motifs is 1. The Hall–Kier alpha value is -3.49. The Kier molecular flexibility index (Phi) is 5.97. The monoisotopic (exact) mass is 434 g/mol. The van der Waals surface area contributed by atoms with Crippen LogP contribution < -0.4 is 10.5 Å². The number of alkyl halides is 3. The number of rotatable bonds is 6. The number of aromatic nitrogens is 1. The lowest BCUT2D eigenvalue weighted by Crippen LogP contribution is -2.22. The average molecular weight is 434 g/mol. The van der Waals surface area contributed by atoms with E-state index in [4.69, 9.17) is 5.73 Å². The van der Waals surface area contributed by atoms with Crippen LogP contribution in [0.2, 0.25) is 0 Å². The zero-order valence-corrected chi connectivity index (χ0v) is 16.9. The number of carbonyl (C=O) groups excluding carboxylic acids is 2. The molecule has 1 heterocycles. The topological polar surface area (TPSA) is 94.6 Å². The maximum atomic E-state index is 13.2.